The fourth-order valence-electron chi connectivity index (χ4n) is 0. The molecule has 0 aromatic carbocycles. The summed E-state index contributed by atoms with van der Waals surface area (Å²) in [4.78, 5) is 0. The molecule has 46 valence electrons. The molecular weight excluding hydrogens is 272 g/mol. The number of halogens is 1. The molecule has 0 spiro atoms. The molecule has 0 bridgehead atoms. The monoisotopic (exact) mass is 274 g/mol. The van der Waals surface area contributed by atoms with E-state index in [1.807, 2.05) is 0 Å². The average Bonchev–Trinajstić information content (AvgIpc) is 0.722. The molecule has 0 saturated carbocycles. The van der Waals surface area contributed by atoms with Crippen LogP contribution in [0.5, 0.6) is 0 Å². The zero-order chi connectivity index (χ0) is 4.50. The van der Waals surface area contributed by atoms with E-state index in [4.69, 9.17) is 18.6 Å². The van der Waals surface area contributed by atoms with Gasteiger partial charge in [0, 0.05) is 46.9 Å². The summed E-state index contributed by atoms with van der Waals surface area (Å²) in [7, 11) is -4.69. The van der Waals surface area contributed by atoms with Gasteiger partial charge in [0.2, 0.25) is 0 Å². The Morgan fingerprint density at radius 3 is 1.17 bits per heavy atom. The van der Waals surface area contributed by atoms with Crippen molar-refractivity contribution in [2.75, 3.05) is 0 Å². The summed E-state index contributed by atoms with van der Waals surface area (Å²) in [6, 6.07) is 0. The zero-order valence-corrected chi connectivity index (χ0v) is 4.79. The van der Waals surface area contributed by atoms with Crippen molar-refractivity contribution in [3.05, 3.63) is 0 Å². The summed E-state index contributed by atoms with van der Waals surface area (Å²) in [5.74, 6) is 0. The third-order valence-corrected chi connectivity index (χ3v) is 0. The van der Waals surface area contributed by atoms with Gasteiger partial charge in [-0.15, -0.1) is 0 Å². The van der Waals surface area contributed by atoms with Crippen LogP contribution in [0.3, 0.4) is 0 Å². The quantitative estimate of drug-likeness (QED) is 0.485. The Kier molecular flexibility index (Phi) is 6.41. The molecule has 0 unspecified atom stereocenters. The smallest absolute Gasteiger partial charge is 0.0777 e. The minimum Gasteiger partial charge on any atom is -0.183 e. The number of rotatable bonds is 0. The van der Waals surface area contributed by atoms with E-state index in [-0.39, 0.29) is 46.9 Å². The molecule has 1 N–H and O–H groups in total. The van der Waals surface area contributed by atoms with Gasteiger partial charge in [0.05, 0.1) is 14.9 Å². The van der Waals surface area contributed by atoms with Gasteiger partial charge < -0.3 is 0 Å². The van der Waals surface area contributed by atoms with Gasteiger partial charge in [-0.25, -0.2) is 0 Å². The Morgan fingerprint density at radius 1 is 1.17 bits per heavy atom. The third kappa shape index (κ3) is 44.9. The fraction of sp³-hybridized carbons (Fsp3) is 0. The molecule has 6 heteroatoms. The molecule has 0 aliphatic carbocycles. The summed E-state index contributed by atoms with van der Waals surface area (Å²) in [5, 5.41) is 0. The van der Waals surface area contributed by atoms with Crippen molar-refractivity contribution < 1.29 is 75.8 Å². The Morgan fingerprint density at radius 2 is 1.17 bits per heavy atom. The minimum absolute atomic E-state index is 0. The van der Waals surface area contributed by atoms with Crippen molar-refractivity contribution in [3.8, 4) is 0 Å². The molecular formula is HClO4Yb. The van der Waals surface area contributed by atoms with Gasteiger partial charge in [-0.05, 0) is 0 Å². The van der Waals surface area contributed by atoms with Crippen LogP contribution in [0.15, 0.2) is 0 Å². The van der Waals surface area contributed by atoms with Gasteiger partial charge in [0.1, 0.15) is 0 Å². The first-order valence-electron chi connectivity index (χ1n) is 0.632. The van der Waals surface area contributed by atoms with Crippen LogP contribution < -0.4 is 14.0 Å². The summed E-state index contributed by atoms with van der Waals surface area (Å²) in [6.45, 7) is 0. The molecule has 0 aliphatic rings. The van der Waals surface area contributed by atoms with E-state index in [1.54, 1.807) is 0 Å². The molecule has 0 fully saturated rings. The summed E-state index contributed by atoms with van der Waals surface area (Å²) in [5.41, 5.74) is 0. The summed E-state index contributed by atoms with van der Waals surface area (Å²) >= 11 is 0. The molecule has 0 amide bonds. The first-order valence-corrected chi connectivity index (χ1v) is 1.90. The van der Waals surface area contributed by atoms with Gasteiger partial charge in [0.15, 0.2) is 0 Å². The van der Waals surface area contributed by atoms with Crippen LogP contribution in [-0.4, -0.2) is 4.66 Å². The van der Waals surface area contributed by atoms with Gasteiger partial charge >= 0.3 is 0 Å². The van der Waals surface area contributed by atoms with Gasteiger partial charge in [-0.1, -0.05) is 0 Å². The molecule has 0 saturated heterocycles. The molecule has 0 atom stereocenters. The second kappa shape index (κ2) is 3.63. The zero-order valence-electron chi connectivity index (χ0n) is 2.32. The average molecular weight is 273 g/mol. The second-order valence-electron chi connectivity index (χ2n) is 0.396. The van der Waals surface area contributed by atoms with Crippen LogP contribution in [0.2, 0.25) is 0 Å². The van der Waals surface area contributed by atoms with Crippen LogP contribution in [0.4, 0.5) is 0 Å². The van der Waals surface area contributed by atoms with Crippen molar-refractivity contribution in [1.82, 2.24) is 0 Å². The van der Waals surface area contributed by atoms with Crippen molar-refractivity contribution in [2.45, 2.75) is 0 Å². The number of hydrogen-bond acceptors (Lipinski definition) is 4. The van der Waals surface area contributed by atoms with E-state index in [1.165, 1.54) is 0 Å². The first-order chi connectivity index (χ1) is 2.00. The molecule has 0 heterocycles. The van der Waals surface area contributed by atoms with E-state index < -0.39 is 10.2 Å². The van der Waals surface area contributed by atoms with E-state index in [9.17, 15) is 0 Å². The molecule has 4 nitrogen and oxygen atoms in total. The predicted molar refractivity (Wildman–Crippen MR) is 2.22 cm³/mol. The topological polar surface area (TPSA) is 89.4 Å². The van der Waals surface area contributed by atoms with E-state index >= 15 is 0 Å². The van der Waals surface area contributed by atoms with E-state index in [2.05, 4.69) is 0 Å². The standard InChI is InChI=1S/ClHO4.Yb/c2-1(3,4)5;/h(H,2,3,4,5);. The van der Waals surface area contributed by atoms with Crippen molar-refractivity contribution in [3.63, 3.8) is 0 Å². The fourth-order valence-corrected chi connectivity index (χ4v) is 0. The largest absolute Gasteiger partial charge is 0.183 e. The third-order valence-electron chi connectivity index (χ3n) is 0. The second-order valence-corrected chi connectivity index (χ2v) is 1.19. The molecule has 0 rings (SSSR count). The Labute approximate surface area is 74.8 Å². The minimum atomic E-state index is -4.69. The molecule has 0 aromatic heterocycles. The Bertz CT molecular complexity index is 23.0. The van der Waals surface area contributed by atoms with Crippen LogP contribution >= 0.6 is 0 Å². The van der Waals surface area contributed by atoms with E-state index in [0.29, 0.717) is 0 Å². The Hall–Kier alpha value is 1.65. The van der Waals surface area contributed by atoms with Crippen molar-refractivity contribution in [2.24, 2.45) is 0 Å². The van der Waals surface area contributed by atoms with Gasteiger partial charge in [0.25, 0.3) is 0 Å². The first kappa shape index (κ1) is 10.6. The van der Waals surface area contributed by atoms with Crippen LogP contribution in [-0.2, 0) is 0 Å². The Balaban J connectivity index is 0. The van der Waals surface area contributed by atoms with Crippen LogP contribution in [0.1, 0.15) is 0 Å². The predicted octanol–water partition coefficient (Wildman–Crippen LogP) is -4.12. The molecule has 0 radical (unpaired) electrons. The molecule has 6 heavy (non-hydrogen) atoms. The van der Waals surface area contributed by atoms with E-state index in [0.717, 1.165) is 0 Å². The van der Waals surface area contributed by atoms with Crippen LogP contribution in [0, 0.1) is 57.2 Å². The number of hydrogen-bond donors (Lipinski definition) is 1. The van der Waals surface area contributed by atoms with Gasteiger partial charge in [-0.2, -0.15) is 14.0 Å². The van der Waals surface area contributed by atoms with Crippen molar-refractivity contribution >= 4 is 0 Å². The van der Waals surface area contributed by atoms with Crippen LogP contribution in [0.25, 0.3) is 0 Å². The van der Waals surface area contributed by atoms with Crippen molar-refractivity contribution in [1.29, 1.82) is 0 Å². The maximum absolute atomic E-state index is 8.60. The maximum Gasteiger partial charge on any atom is 0.0777 e. The molecule has 0 aromatic rings. The normalized spacial score (nSPS) is 10.0. The molecule has 0 aliphatic heterocycles. The SMILES string of the molecule is [O-][Cl+3]([O-])([O-])O.[Yb]. The van der Waals surface area contributed by atoms with Gasteiger partial charge in [-0.3, -0.25) is 0 Å². The summed E-state index contributed by atoms with van der Waals surface area (Å²) < 4.78 is 32.7. The maximum atomic E-state index is 8.60. The summed E-state index contributed by atoms with van der Waals surface area (Å²) in [6.07, 6.45) is 0.